The zero-order valence-electron chi connectivity index (χ0n) is 50.3. The minimum absolute atomic E-state index is 0.108. The number of allylic oxidation sites excluding steroid dienone is 2. The molecule has 31 nitrogen and oxygen atoms in total. The van der Waals surface area contributed by atoms with Crippen LogP contribution in [0.4, 0.5) is 0 Å². The second-order valence-electron chi connectivity index (χ2n) is 21.4. The molecule has 20 N–H and O–H groups in total. The quantitative estimate of drug-likeness (QED) is 0.0124. The molecule has 2 aliphatic heterocycles. The van der Waals surface area contributed by atoms with Crippen LogP contribution in [0.5, 0.6) is 0 Å². The molecule has 0 bridgehead atoms. The van der Waals surface area contributed by atoms with Gasteiger partial charge >= 0.3 is 0 Å². The van der Waals surface area contributed by atoms with Crippen LogP contribution in [0, 0.1) is 0 Å². The number of carbonyl (C=O) groups is 5. The van der Waals surface area contributed by atoms with Gasteiger partial charge < -0.3 is 132 Å². The summed E-state index contributed by atoms with van der Waals surface area (Å²) in [6.45, 7) is 1.76. The van der Waals surface area contributed by atoms with Gasteiger partial charge in [0.2, 0.25) is 35.8 Å². The zero-order valence-corrected chi connectivity index (χ0v) is 50.3. The Bertz CT molecular complexity index is 2130. The van der Waals surface area contributed by atoms with E-state index in [2.05, 4.69) is 45.7 Å². The van der Waals surface area contributed by atoms with Gasteiger partial charge in [-0.3, -0.25) is 24.0 Å². The maximum Gasteiger partial charge on any atom is 0.224 e. The molecule has 504 valence electrons. The number of aliphatic hydroxyl groups is 15. The number of unbranched alkanes of at least 4 members (excludes halogenated alkanes) is 11. The summed E-state index contributed by atoms with van der Waals surface area (Å²) < 4.78 is 34.0. The average Bonchev–Trinajstić information content (AvgIpc) is 1.83. The summed E-state index contributed by atoms with van der Waals surface area (Å²) in [5.41, 5.74) is -1.81. The van der Waals surface area contributed by atoms with E-state index in [9.17, 15) is 101 Å². The Morgan fingerprint density at radius 3 is 1.62 bits per heavy atom. The molecule has 0 radical (unpaired) electrons. The lowest BCUT2D eigenvalue weighted by Crippen LogP contribution is -2.67. The first kappa shape index (κ1) is 78.5. The molecule has 0 aliphatic carbocycles. The molecule has 2 rings (SSSR count). The fourth-order valence-electron chi connectivity index (χ4n) is 9.74. The predicted octanol–water partition coefficient (Wildman–Crippen LogP) is -3.16. The normalized spacial score (nSPS) is 25.8. The van der Waals surface area contributed by atoms with Crippen LogP contribution in [0.3, 0.4) is 0 Å². The first-order valence-corrected chi connectivity index (χ1v) is 29.6. The topological polar surface area (TPSA) is 504 Å². The van der Waals surface area contributed by atoms with E-state index in [0.29, 0.717) is 12.8 Å². The second-order valence-corrected chi connectivity index (χ2v) is 21.4. The number of rotatable bonds is 43. The van der Waals surface area contributed by atoms with Crippen molar-refractivity contribution in [1.82, 2.24) is 26.6 Å². The number of aliphatic hydroxyl groups excluding tert-OH is 15. The number of amides is 5. The Morgan fingerprint density at radius 2 is 1.08 bits per heavy atom. The molecule has 2 heterocycles. The van der Waals surface area contributed by atoms with Gasteiger partial charge in [-0.1, -0.05) is 70.4 Å². The molecule has 18 unspecified atom stereocenters. The molecule has 87 heavy (non-hydrogen) atoms. The number of carbonyl (C=O) groups excluding carboxylic acids is 5. The molecular formula is C56H99N5O26. The summed E-state index contributed by atoms with van der Waals surface area (Å²) in [5.74, 6) is -6.48. The Hall–Kier alpha value is -4.59. The van der Waals surface area contributed by atoms with E-state index in [-0.39, 0.29) is 6.42 Å². The van der Waals surface area contributed by atoms with Crippen molar-refractivity contribution in [2.75, 3.05) is 33.0 Å². The van der Waals surface area contributed by atoms with E-state index in [1.165, 1.54) is 25.7 Å². The lowest BCUT2D eigenvalue weighted by Gasteiger charge is -2.46. The number of nitrogens with one attached hydrogen (secondary N) is 5. The summed E-state index contributed by atoms with van der Waals surface area (Å²) >= 11 is 0. The molecule has 0 aromatic heterocycles. The van der Waals surface area contributed by atoms with Crippen molar-refractivity contribution >= 4 is 29.5 Å². The maximum atomic E-state index is 13.2. The zero-order chi connectivity index (χ0) is 65.3. The third-order valence-electron chi connectivity index (χ3n) is 14.2. The van der Waals surface area contributed by atoms with E-state index in [1.54, 1.807) is 0 Å². The van der Waals surface area contributed by atoms with Crippen molar-refractivity contribution < 1.29 is 129 Å². The molecule has 2 aliphatic rings. The van der Waals surface area contributed by atoms with Crippen molar-refractivity contribution in [2.45, 2.75) is 254 Å². The SMILES string of the molecule is CCCCCC/C=C\CCCCCCCCCC(=O)N/C(=C(/O)C(O)CCO)C(O)OC(CCO)/C(O)=C(\NC(C)=O)C(O)OC1C(CO)OC(OC(CCO)C(O)C(NC(C)=O)C(O)OC2C(CO)OC(O)C(NC(C)=O)C2O)C(NC(C)=O)C1O. The van der Waals surface area contributed by atoms with Crippen molar-refractivity contribution in [1.29, 1.82) is 0 Å². The second kappa shape index (κ2) is 42.4. The highest BCUT2D eigenvalue weighted by Crippen LogP contribution is 2.31. The lowest BCUT2D eigenvalue weighted by atomic mass is 9.95. The molecule has 2 fully saturated rings. The molecule has 31 heteroatoms. The van der Waals surface area contributed by atoms with Crippen LogP contribution in [0.1, 0.15) is 144 Å². The highest BCUT2D eigenvalue weighted by atomic mass is 16.7. The van der Waals surface area contributed by atoms with E-state index in [1.807, 2.05) is 0 Å². The summed E-state index contributed by atoms with van der Waals surface area (Å²) in [6.07, 6.45) is -14.7. The highest BCUT2D eigenvalue weighted by molar-refractivity contribution is 5.78. The molecule has 0 spiro atoms. The average molecular weight is 1260 g/mol. The summed E-state index contributed by atoms with van der Waals surface area (Å²) in [7, 11) is 0. The highest BCUT2D eigenvalue weighted by Gasteiger charge is 2.51. The van der Waals surface area contributed by atoms with Gasteiger partial charge in [-0.25, -0.2) is 0 Å². The molecule has 18 atom stereocenters. The first-order chi connectivity index (χ1) is 41.3. The van der Waals surface area contributed by atoms with Crippen molar-refractivity contribution in [2.24, 2.45) is 0 Å². The Morgan fingerprint density at radius 1 is 0.563 bits per heavy atom. The van der Waals surface area contributed by atoms with Crippen LogP contribution in [0.2, 0.25) is 0 Å². The third kappa shape index (κ3) is 27.2. The van der Waals surface area contributed by atoms with Crippen LogP contribution in [-0.2, 0) is 52.4 Å². The van der Waals surface area contributed by atoms with Gasteiger partial charge in [0, 0.05) is 66.8 Å². The molecule has 2 saturated heterocycles. The van der Waals surface area contributed by atoms with Gasteiger partial charge in [-0.15, -0.1) is 0 Å². The van der Waals surface area contributed by atoms with Gasteiger partial charge in [0.25, 0.3) is 0 Å². The molecule has 5 amide bonds. The molecule has 0 saturated carbocycles. The maximum absolute atomic E-state index is 13.2. The fourth-order valence-corrected chi connectivity index (χ4v) is 9.74. The number of ether oxygens (including phenoxy) is 6. The minimum atomic E-state index is -2.59. The van der Waals surface area contributed by atoms with Crippen LogP contribution >= 0.6 is 0 Å². The van der Waals surface area contributed by atoms with Crippen molar-refractivity contribution in [3.63, 3.8) is 0 Å². The fraction of sp³-hybridized carbons (Fsp3) is 0.804. The van der Waals surface area contributed by atoms with Gasteiger partial charge in [0.15, 0.2) is 25.2 Å². The van der Waals surface area contributed by atoms with Crippen LogP contribution in [0.25, 0.3) is 0 Å². The molecule has 0 aromatic carbocycles. The van der Waals surface area contributed by atoms with Crippen LogP contribution < -0.4 is 26.6 Å². The van der Waals surface area contributed by atoms with E-state index >= 15 is 0 Å². The van der Waals surface area contributed by atoms with Gasteiger partial charge in [-0.05, 0) is 38.5 Å². The monoisotopic (exact) mass is 1260 g/mol. The predicted molar refractivity (Wildman–Crippen MR) is 304 cm³/mol. The van der Waals surface area contributed by atoms with Crippen LogP contribution in [0.15, 0.2) is 35.1 Å². The standard InChI is InChI=1S/C56H99N5O26/c1-6-7-8-9-10-11-12-13-14-15-16-17-18-19-20-21-39(72)61-40(45(73)34(71)22-25-62)52(78)82-35(23-26-63)46(74)41(57-30(2)67)54(80)87-51-38(29-66)85-56(44(49(51)77)60-33(5)70)84-36(24-27-64)47(75)42(58-31(3)68)55(81)86-50-37(28-65)83-53(79)43(48(50)76)59-32(4)69/h11-12,34-38,42-44,47-56,62-66,71,73-81H,6-10,13-29H2,1-5H3,(H,57,67)(H,58,68)(H,59,69)(H,60,70)(H,61,72)/b12-11-,45-40+,46-41+. The minimum Gasteiger partial charge on any atom is -0.508 e. The van der Waals surface area contributed by atoms with E-state index < -0.39 is 215 Å². The Labute approximate surface area is 506 Å². The van der Waals surface area contributed by atoms with Crippen LogP contribution in [-0.4, -0.2) is 250 Å². The van der Waals surface area contributed by atoms with Gasteiger partial charge in [-0.2, -0.15) is 0 Å². The van der Waals surface area contributed by atoms with Gasteiger partial charge in [0.05, 0.1) is 19.3 Å². The Balaban J connectivity index is 2.40. The summed E-state index contributed by atoms with van der Waals surface area (Å²) in [4.78, 5) is 62.8. The van der Waals surface area contributed by atoms with E-state index in [0.717, 1.165) is 72.6 Å². The lowest BCUT2D eigenvalue weighted by molar-refractivity contribution is -0.315. The number of hydrogen-bond acceptors (Lipinski definition) is 26. The van der Waals surface area contributed by atoms with Crippen molar-refractivity contribution in [3.8, 4) is 0 Å². The summed E-state index contributed by atoms with van der Waals surface area (Å²) in [6, 6.07) is -5.38. The van der Waals surface area contributed by atoms with Gasteiger partial charge in [0.1, 0.15) is 96.0 Å². The number of hydrogen-bond donors (Lipinski definition) is 20. The first-order valence-electron chi connectivity index (χ1n) is 29.6. The largest absolute Gasteiger partial charge is 0.508 e. The Kier molecular flexibility index (Phi) is 38.3. The smallest absolute Gasteiger partial charge is 0.224 e. The molecule has 0 aromatic rings. The summed E-state index contributed by atoms with van der Waals surface area (Å²) in [5, 5.41) is 174. The third-order valence-corrected chi connectivity index (χ3v) is 14.2. The van der Waals surface area contributed by atoms with E-state index in [4.69, 9.17) is 28.4 Å². The molecular weight excluding hydrogens is 1160 g/mol. The van der Waals surface area contributed by atoms with Crippen molar-refractivity contribution in [3.05, 3.63) is 35.1 Å².